The fourth-order valence-corrected chi connectivity index (χ4v) is 2.54. The summed E-state index contributed by atoms with van der Waals surface area (Å²) < 4.78 is 4.11. The van der Waals surface area contributed by atoms with Gasteiger partial charge in [0.05, 0.1) is 22.9 Å². The molecular formula is C12H15BrN6O. The average molecular weight is 339 g/mol. The summed E-state index contributed by atoms with van der Waals surface area (Å²) in [5, 5.41) is 15.4. The number of halogens is 1. The smallest absolute Gasteiger partial charge is 0.234 e. The topological polar surface area (TPSA) is 77.6 Å². The maximum atomic E-state index is 12.6. The highest BCUT2D eigenvalue weighted by Gasteiger charge is 2.25. The van der Waals surface area contributed by atoms with Crippen molar-refractivity contribution < 1.29 is 4.79 Å². The van der Waals surface area contributed by atoms with Crippen molar-refractivity contribution in [2.75, 3.05) is 13.1 Å². The second-order valence-electron chi connectivity index (χ2n) is 5.10. The third kappa shape index (κ3) is 2.18. The molecule has 0 unspecified atom stereocenters. The van der Waals surface area contributed by atoms with Gasteiger partial charge >= 0.3 is 0 Å². The number of nitrogens with one attached hydrogen (secondary N) is 1. The Bertz CT molecular complexity index is 642. The first-order valence-electron chi connectivity index (χ1n) is 6.48. The van der Waals surface area contributed by atoms with Crippen LogP contribution in [0.3, 0.4) is 0 Å². The fourth-order valence-electron chi connectivity index (χ4n) is 2.09. The van der Waals surface area contributed by atoms with Gasteiger partial charge in [0.15, 0.2) is 5.69 Å². The Hall–Kier alpha value is -1.54. The van der Waals surface area contributed by atoms with E-state index in [1.54, 1.807) is 21.8 Å². The van der Waals surface area contributed by atoms with E-state index in [0.717, 1.165) is 13.1 Å². The first-order valence-corrected chi connectivity index (χ1v) is 7.27. The standard InChI is InChI=1S/C12H15BrN6O/c1-7(2)19-11(9(13)5-15-19)12(20)10-6-18(17-16-10)8-3-14-4-8/h5-8,14H,3-4H2,1-2H3. The molecule has 0 aromatic carbocycles. The summed E-state index contributed by atoms with van der Waals surface area (Å²) >= 11 is 3.37. The molecule has 0 radical (unpaired) electrons. The highest BCUT2D eigenvalue weighted by atomic mass is 79.9. The molecule has 1 N–H and O–H groups in total. The molecule has 3 rings (SSSR count). The van der Waals surface area contributed by atoms with E-state index in [0.29, 0.717) is 21.9 Å². The van der Waals surface area contributed by atoms with Crippen LogP contribution in [0, 0.1) is 0 Å². The lowest BCUT2D eigenvalue weighted by atomic mass is 10.2. The zero-order valence-electron chi connectivity index (χ0n) is 11.2. The van der Waals surface area contributed by atoms with Crippen molar-refractivity contribution >= 4 is 21.7 Å². The Labute approximate surface area is 124 Å². The van der Waals surface area contributed by atoms with Gasteiger partial charge in [0.25, 0.3) is 0 Å². The summed E-state index contributed by atoms with van der Waals surface area (Å²) in [6.07, 6.45) is 3.34. The van der Waals surface area contributed by atoms with Crippen LogP contribution in [0.15, 0.2) is 16.9 Å². The highest BCUT2D eigenvalue weighted by Crippen LogP contribution is 2.22. The summed E-state index contributed by atoms with van der Waals surface area (Å²) in [6, 6.07) is 0.397. The molecule has 0 bridgehead atoms. The Morgan fingerprint density at radius 2 is 2.25 bits per heavy atom. The zero-order valence-corrected chi connectivity index (χ0v) is 12.8. The SMILES string of the molecule is CC(C)n1ncc(Br)c1C(=O)c1cn(C2CNC2)nn1. The molecular weight excluding hydrogens is 324 g/mol. The van der Waals surface area contributed by atoms with E-state index in [2.05, 4.69) is 36.7 Å². The van der Waals surface area contributed by atoms with Gasteiger partial charge in [-0.1, -0.05) is 5.21 Å². The van der Waals surface area contributed by atoms with E-state index < -0.39 is 0 Å². The van der Waals surface area contributed by atoms with Gasteiger partial charge in [0, 0.05) is 19.1 Å². The van der Waals surface area contributed by atoms with Crippen LogP contribution < -0.4 is 5.32 Å². The quantitative estimate of drug-likeness (QED) is 0.847. The van der Waals surface area contributed by atoms with Crippen molar-refractivity contribution in [3.8, 4) is 0 Å². The monoisotopic (exact) mass is 338 g/mol. The van der Waals surface area contributed by atoms with Crippen molar-refractivity contribution in [2.45, 2.75) is 25.9 Å². The maximum Gasteiger partial charge on any atom is 0.234 e. The van der Waals surface area contributed by atoms with Crippen LogP contribution in [0.1, 0.15) is 42.1 Å². The van der Waals surface area contributed by atoms with Crippen molar-refractivity contribution in [3.63, 3.8) is 0 Å². The number of ketones is 1. The molecule has 20 heavy (non-hydrogen) atoms. The maximum absolute atomic E-state index is 12.6. The van der Waals surface area contributed by atoms with Gasteiger partial charge in [-0.15, -0.1) is 5.10 Å². The predicted octanol–water partition coefficient (Wildman–Crippen LogP) is 1.19. The second-order valence-corrected chi connectivity index (χ2v) is 5.96. The average Bonchev–Trinajstić information content (AvgIpc) is 2.93. The molecule has 0 atom stereocenters. The molecule has 1 aliphatic rings. The van der Waals surface area contributed by atoms with Gasteiger partial charge in [0.2, 0.25) is 5.78 Å². The van der Waals surface area contributed by atoms with E-state index in [1.807, 2.05) is 13.8 Å². The van der Waals surface area contributed by atoms with Crippen molar-refractivity contribution in [1.29, 1.82) is 0 Å². The van der Waals surface area contributed by atoms with Crippen LogP contribution in [0.25, 0.3) is 0 Å². The van der Waals surface area contributed by atoms with Gasteiger partial charge in [-0.25, -0.2) is 4.68 Å². The lowest BCUT2D eigenvalue weighted by Crippen LogP contribution is -2.43. The molecule has 1 saturated heterocycles. The van der Waals surface area contributed by atoms with Gasteiger partial charge in [-0.05, 0) is 29.8 Å². The van der Waals surface area contributed by atoms with Crippen molar-refractivity contribution in [1.82, 2.24) is 30.1 Å². The molecule has 1 aliphatic heterocycles. The molecule has 1 fully saturated rings. The number of nitrogens with zero attached hydrogens (tertiary/aromatic N) is 5. The van der Waals surface area contributed by atoms with E-state index >= 15 is 0 Å². The Balaban J connectivity index is 1.92. The van der Waals surface area contributed by atoms with Crippen LogP contribution in [-0.2, 0) is 0 Å². The molecule has 3 heterocycles. The second kappa shape index (κ2) is 5.10. The van der Waals surface area contributed by atoms with Crippen LogP contribution in [0.5, 0.6) is 0 Å². The molecule has 2 aromatic rings. The Morgan fingerprint density at radius 3 is 2.85 bits per heavy atom. The number of rotatable bonds is 4. The molecule has 0 spiro atoms. The molecule has 8 heteroatoms. The number of hydrogen-bond acceptors (Lipinski definition) is 5. The highest BCUT2D eigenvalue weighted by molar-refractivity contribution is 9.10. The Kier molecular flexibility index (Phi) is 3.43. The van der Waals surface area contributed by atoms with Crippen molar-refractivity contribution in [2.24, 2.45) is 0 Å². The summed E-state index contributed by atoms with van der Waals surface area (Å²) in [6.45, 7) is 5.69. The number of aromatic nitrogens is 5. The van der Waals surface area contributed by atoms with Crippen LogP contribution in [-0.4, -0.2) is 43.6 Å². The van der Waals surface area contributed by atoms with Gasteiger partial charge in [-0.3, -0.25) is 9.48 Å². The molecule has 0 amide bonds. The summed E-state index contributed by atoms with van der Waals surface area (Å²) in [5.41, 5.74) is 0.860. The lowest BCUT2D eigenvalue weighted by Gasteiger charge is -2.26. The lowest BCUT2D eigenvalue weighted by molar-refractivity contribution is 0.102. The van der Waals surface area contributed by atoms with Gasteiger partial charge in [0.1, 0.15) is 5.69 Å². The minimum atomic E-state index is -0.165. The van der Waals surface area contributed by atoms with E-state index in [-0.39, 0.29) is 11.8 Å². The fraction of sp³-hybridized carbons (Fsp3) is 0.500. The number of hydrogen-bond donors (Lipinski definition) is 1. The van der Waals surface area contributed by atoms with E-state index in [4.69, 9.17) is 0 Å². The third-order valence-corrected chi connectivity index (χ3v) is 3.91. The first-order chi connectivity index (χ1) is 9.58. The van der Waals surface area contributed by atoms with Gasteiger partial charge in [-0.2, -0.15) is 5.10 Å². The number of carbonyl (C=O) groups is 1. The van der Waals surface area contributed by atoms with Gasteiger partial charge < -0.3 is 5.32 Å². The largest absolute Gasteiger partial charge is 0.312 e. The van der Waals surface area contributed by atoms with Crippen LogP contribution >= 0.6 is 15.9 Å². The third-order valence-electron chi connectivity index (χ3n) is 3.33. The molecule has 7 nitrogen and oxygen atoms in total. The molecule has 2 aromatic heterocycles. The summed E-state index contributed by atoms with van der Waals surface area (Å²) in [4.78, 5) is 12.6. The molecule has 106 valence electrons. The molecule has 0 saturated carbocycles. The minimum Gasteiger partial charge on any atom is -0.312 e. The van der Waals surface area contributed by atoms with Crippen LogP contribution in [0.4, 0.5) is 0 Å². The summed E-state index contributed by atoms with van der Waals surface area (Å²) in [7, 11) is 0. The van der Waals surface area contributed by atoms with Crippen molar-refractivity contribution in [3.05, 3.63) is 28.3 Å². The minimum absolute atomic E-state index is 0.103. The first kappa shape index (κ1) is 13.4. The Morgan fingerprint density at radius 1 is 1.50 bits per heavy atom. The molecule has 0 aliphatic carbocycles. The number of carbonyl (C=O) groups excluding carboxylic acids is 1. The van der Waals surface area contributed by atoms with Crippen LogP contribution in [0.2, 0.25) is 0 Å². The van der Waals surface area contributed by atoms with E-state index in [1.165, 1.54) is 0 Å². The summed E-state index contributed by atoms with van der Waals surface area (Å²) in [5.74, 6) is -0.165. The predicted molar refractivity (Wildman–Crippen MR) is 75.7 cm³/mol. The van der Waals surface area contributed by atoms with E-state index in [9.17, 15) is 4.79 Å². The zero-order chi connectivity index (χ0) is 14.3. The normalized spacial score (nSPS) is 15.6.